The molecule has 3 aromatic carbocycles. The first-order valence-corrected chi connectivity index (χ1v) is 12.1. The van der Waals surface area contributed by atoms with E-state index in [0.717, 1.165) is 5.56 Å². The highest BCUT2D eigenvalue weighted by Crippen LogP contribution is 2.31. The first-order valence-electron chi connectivity index (χ1n) is 10.7. The second kappa shape index (κ2) is 10.9. The van der Waals surface area contributed by atoms with Gasteiger partial charge in [-0.3, -0.25) is 9.52 Å². The van der Waals surface area contributed by atoms with Gasteiger partial charge in [0.15, 0.2) is 6.10 Å². The molecule has 0 aliphatic rings. The van der Waals surface area contributed by atoms with E-state index in [-0.39, 0.29) is 16.5 Å². The van der Waals surface area contributed by atoms with E-state index in [0.29, 0.717) is 29.4 Å². The molecular formula is C25H28N2O6S. The Labute approximate surface area is 199 Å². The fourth-order valence-corrected chi connectivity index (χ4v) is 4.26. The van der Waals surface area contributed by atoms with Gasteiger partial charge in [0, 0.05) is 11.8 Å². The second-order valence-corrected chi connectivity index (χ2v) is 9.15. The van der Waals surface area contributed by atoms with Gasteiger partial charge in [-0.25, -0.2) is 8.42 Å². The largest absolute Gasteiger partial charge is 0.497 e. The van der Waals surface area contributed by atoms with Crippen molar-refractivity contribution in [3.8, 4) is 17.2 Å². The zero-order chi connectivity index (χ0) is 24.7. The lowest BCUT2D eigenvalue weighted by Gasteiger charge is -2.18. The summed E-state index contributed by atoms with van der Waals surface area (Å²) in [6.45, 7) is 3.77. The molecule has 3 rings (SSSR count). The van der Waals surface area contributed by atoms with Gasteiger partial charge in [-0.2, -0.15) is 0 Å². The first-order chi connectivity index (χ1) is 16.3. The van der Waals surface area contributed by atoms with Crippen LogP contribution in [0.15, 0.2) is 71.6 Å². The fraction of sp³-hybridized carbons (Fsp3) is 0.240. The molecule has 0 bridgehead atoms. The summed E-state index contributed by atoms with van der Waals surface area (Å²) in [4.78, 5) is 12.7. The van der Waals surface area contributed by atoms with Gasteiger partial charge in [-0.05, 0) is 61.4 Å². The summed E-state index contributed by atoms with van der Waals surface area (Å²) in [5.41, 5.74) is 1.64. The summed E-state index contributed by atoms with van der Waals surface area (Å²) in [5, 5.41) is 2.78. The molecule has 180 valence electrons. The predicted octanol–water partition coefficient (Wildman–Crippen LogP) is 4.61. The van der Waals surface area contributed by atoms with Crippen LogP contribution >= 0.6 is 0 Å². The monoisotopic (exact) mass is 484 g/mol. The van der Waals surface area contributed by atoms with Gasteiger partial charge < -0.3 is 19.5 Å². The molecule has 1 atom stereocenters. The molecule has 0 saturated carbocycles. The molecule has 8 nitrogen and oxygen atoms in total. The summed E-state index contributed by atoms with van der Waals surface area (Å²) < 4.78 is 44.5. The van der Waals surface area contributed by atoms with Crippen LogP contribution in [-0.2, 0) is 14.8 Å². The zero-order valence-electron chi connectivity index (χ0n) is 19.5. The van der Waals surface area contributed by atoms with Crippen molar-refractivity contribution in [2.75, 3.05) is 24.3 Å². The van der Waals surface area contributed by atoms with Crippen LogP contribution in [0.5, 0.6) is 17.2 Å². The van der Waals surface area contributed by atoms with Crippen LogP contribution in [0.25, 0.3) is 0 Å². The SMILES string of the molecule is CC[C@@H](Oc1ccccc1C)C(=O)Nc1ccc(S(=O)(=O)Nc2cc(OC)ccc2OC)cc1. The van der Waals surface area contributed by atoms with Gasteiger partial charge in [-0.1, -0.05) is 25.1 Å². The Bertz CT molecular complexity index is 1240. The average Bonchev–Trinajstić information content (AvgIpc) is 2.83. The number of carbonyl (C=O) groups is 1. The molecule has 0 unspecified atom stereocenters. The number of benzene rings is 3. The molecule has 0 saturated heterocycles. The predicted molar refractivity (Wildman–Crippen MR) is 131 cm³/mol. The van der Waals surface area contributed by atoms with Crippen molar-refractivity contribution in [3.63, 3.8) is 0 Å². The standard InChI is InChI=1S/C25H28N2O6S/c1-5-22(33-23-9-7-6-8-17(23)2)25(28)26-18-10-13-20(14-11-18)34(29,30)27-21-16-19(31-3)12-15-24(21)32-4/h6-16,22,27H,5H2,1-4H3,(H,26,28)/t22-/m1/s1. The van der Waals surface area contributed by atoms with Gasteiger partial charge in [-0.15, -0.1) is 0 Å². The van der Waals surface area contributed by atoms with Crippen molar-refractivity contribution in [2.45, 2.75) is 31.3 Å². The van der Waals surface area contributed by atoms with E-state index < -0.39 is 16.1 Å². The molecule has 2 N–H and O–H groups in total. The van der Waals surface area contributed by atoms with Gasteiger partial charge >= 0.3 is 0 Å². The third kappa shape index (κ3) is 5.99. The minimum absolute atomic E-state index is 0.0265. The normalized spacial score (nSPS) is 11.9. The Kier molecular flexibility index (Phi) is 8.01. The van der Waals surface area contributed by atoms with Gasteiger partial charge in [0.05, 0.1) is 24.8 Å². The number of nitrogens with one attached hydrogen (secondary N) is 2. The van der Waals surface area contributed by atoms with E-state index in [1.165, 1.54) is 44.6 Å². The number of rotatable bonds is 10. The topological polar surface area (TPSA) is 103 Å². The minimum Gasteiger partial charge on any atom is -0.497 e. The lowest BCUT2D eigenvalue weighted by molar-refractivity contribution is -0.122. The maximum atomic E-state index is 12.9. The Hall–Kier alpha value is -3.72. The lowest BCUT2D eigenvalue weighted by Crippen LogP contribution is -2.32. The van der Waals surface area contributed by atoms with Crippen molar-refractivity contribution in [2.24, 2.45) is 0 Å². The number of ether oxygens (including phenoxy) is 3. The van der Waals surface area contributed by atoms with Crippen molar-refractivity contribution in [1.29, 1.82) is 0 Å². The molecule has 1 amide bonds. The third-order valence-electron chi connectivity index (χ3n) is 5.11. The Morgan fingerprint density at radius 2 is 1.65 bits per heavy atom. The molecule has 0 aliphatic heterocycles. The van der Waals surface area contributed by atoms with Crippen LogP contribution in [0, 0.1) is 6.92 Å². The maximum Gasteiger partial charge on any atom is 0.265 e. The van der Waals surface area contributed by atoms with Crippen LogP contribution in [0.1, 0.15) is 18.9 Å². The second-order valence-electron chi connectivity index (χ2n) is 7.47. The van der Waals surface area contributed by atoms with E-state index in [1.807, 2.05) is 38.1 Å². The smallest absolute Gasteiger partial charge is 0.265 e. The molecule has 0 fully saturated rings. The number of hydrogen-bond acceptors (Lipinski definition) is 6. The van der Waals surface area contributed by atoms with Crippen LogP contribution in [0.2, 0.25) is 0 Å². The number of methoxy groups -OCH3 is 2. The molecule has 0 aliphatic carbocycles. The van der Waals surface area contributed by atoms with Gasteiger partial charge in [0.1, 0.15) is 17.2 Å². The zero-order valence-corrected chi connectivity index (χ0v) is 20.3. The number of amides is 1. The molecule has 0 aromatic heterocycles. The molecule has 0 heterocycles. The Morgan fingerprint density at radius 3 is 2.26 bits per heavy atom. The summed E-state index contributed by atoms with van der Waals surface area (Å²) in [6, 6.07) is 18.2. The van der Waals surface area contributed by atoms with Crippen LogP contribution in [0.4, 0.5) is 11.4 Å². The van der Waals surface area contributed by atoms with Crippen LogP contribution in [0.3, 0.4) is 0 Å². The highest BCUT2D eigenvalue weighted by atomic mass is 32.2. The van der Waals surface area contributed by atoms with Gasteiger partial charge in [0.2, 0.25) is 0 Å². The minimum atomic E-state index is -3.91. The van der Waals surface area contributed by atoms with E-state index in [2.05, 4.69) is 10.0 Å². The number of aryl methyl sites for hydroxylation is 1. The van der Waals surface area contributed by atoms with Crippen LogP contribution in [-0.4, -0.2) is 34.6 Å². The molecule has 3 aromatic rings. The summed E-state index contributed by atoms with van der Waals surface area (Å²) in [5.74, 6) is 1.16. The fourth-order valence-electron chi connectivity index (χ4n) is 3.20. The van der Waals surface area contributed by atoms with Gasteiger partial charge in [0.25, 0.3) is 15.9 Å². The molecular weight excluding hydrogens is 456 g/mol. The van der Waals surface area contributed by atoms with Crippen molar-refractivity contribution >= 4 is 27.3 Å². The number of hydrogen-bond donors (Lipinski definition) is 2. The van der Waals surface area contributed by atoms with Crippen LogP contribution < -0.4 is 24.2 Å². The number of carbonyl (C=O) groups excluding carboxylic acids is 1. The number of anilines is 2. The number of sulfonamides is 1. The highest BCUT2D eigenvalue weighted by Gasteiger charge is 2.21. The van der Waals surface area contributed by atoms with E-state index in [4.69, 9.17) is 14.2 Å². The summed E-state index contributed by atoms with van der Waals surface area (Å²) >= 11 is 0. The van der Waals surface area contributed by atoms with E-state index >= 15 is 0 Å². The molecule has 9 heteroatoms. The number of para-hydroxylation sites is 1. The first kappa shape index (κ1) is 24.9. The lowest BCUT2D eigenvalue weighted by atomic mass is 10.2. The Balaban J connectivity index is 1.71. The van der Waals surface area contributed by atoms with E-state index in [9.17, 15) is 13.2 Å². The Morgan fingerprint density at radius 1 is 0.941 bits per heavy atom. The van der Waals surface area contributed by atoms with Crippen molar-refractivity contribution in [3.05, 3.63) is 72.3 Å². The van der Waals surface area contributed by atoms with E-state index in [1.54, 1.807) is 12.1 Å². The van der Waals surface area contributed by atoms with Crippen molar-refractivity contribution in [1.82, 2.24) is 0 Å². The average molecular weight is 485 g/mol. The van der Waals surface area contributed by atoms with Crippen molar-refractivity contribution < 1.29 is 27.4 Å². The third-order valence-corrected chi connectivity index (χ3v) is 6.49. The summed E-state index contributed by atoms with van der Waals surface area (Å²) in [6.07, 6.45) is -0.217. The quantitative estimate of drug-likeness (QED) is 0.436. The highest BCUT2D eigenvalue weighted by molar-refractivity contribution is 7.92. The maximum absolute atomic E-state index is 12.9. The summed E-state index contributed by atoms with van der Waals surface area (Å²) in [7, 11) is -0.969. The molecule has 0 radical (unpaired) electrons. The molecule has 0 spiro atoms. The molecule has 34 heavy (non-hydrogen) atoms.